The standard InChI is InChI=1S/C13H23ClO/c1-12-7-6-8-13(11-12)15-10-5-3-2-4-9-14/h2,4,12-13H,3,5-11H2,1H3/b4-2-/t12-,13?/m0/s1. The van der Waals surface area contributed by atoms with Crippen molar-refractivity contribution in [2.45, 2.75) is 51.6 Å². The average Bonchev–Trinajstić information content (AvgIpc) is 2.23. The molecule has 1 aliphatic carbocycles. The molecule has 0 radical (unpaired) electrons. The number of unbranched alkanes of at least 4 members (excludes halogenated alkanes) is 1. The third-order valence-electron chi connectivity index (χ3n) is 3.01. The normalized spacial score (nSPS) is 27.3. The third kappa shape index (κ3) is 6.21. The topological polar surface area (TPSA) is 9.23 Å². The highest BCUT2D eigenvalue weighted by atomic mass is 35.5. The summed E-state index contributed by atoms with van der Waals surface area (Å²) in [5, 5.41) is 0. The lowest BCUT2D eigenvalue weighted by Gasteiger charge is -2.26. The minimum Gasteiger partial charge on any atom is -0.378 e. The molecular weight excluding hydrogens is 208 g/mol. The van der Waals surface area contributed by atoms with Gasteiger partial charge in [0.2, 0.25) is 0 Å². The third-order valence-corrected chi connectivity index (χ3v) is 3.19. The molecule has 0 aromatic heterocycles. The van der Waals surface area contributed by atoms with Crippen molar-refractivity contribution in [3.63, 3.8) is 0 Å². The summed E-state index contributed by atoms with van der Waals surface area (Å²) in [6, 6.07) is 0. The van der Waals surface area contributed by atoms with Gasteiger partial charge in [-0.2, -0.15) is 0 Å². The lowest BCUT2D eigenvalue weighted by Crippen LogP contribution is -2.21. The minimum absolute atomic E-state index is 0.533. The maximum atomic E-state index is 5.87. The summed E-state index contributed by atoms with van der Waals surface area (Å²) in [6.45, 7) is 3.24. The molecule has 0 spiro atoms. The Hall–Kier alpha value is -0.0100. The van der Waals surface area contributed by atoms with Crippen LogP contribution in [-0.4, -0.2) is 18.6 Å². The first-order chi connectivity index (χ1) is 7.33. The van der Waals surface area contributed by atoms with Gasteiger partial charge >= 0.3 is 0 Å². The van der Waals surface area contributed by atoms with Crippen LogP contribution in [0.5, 0.6) is 0 Å². The second-order valence-electron chi connectivity index (χ2n) is 4.53. The fourth-order valence-corrected chi connectivity index (χ4v) is 2.29. The van der Waals surface area contributed by atoms with E-state index in [9.17, 15) is 0 Å². The van der Waals surface area contributed by atoms with Crippen LogP contribution in [0.15, 0.2) is 12.2 Å². The lowest BCUT2D eigenvalue weighted by atomic mass is 9.89. The van der Waals surface area contributed by atoms with Gasteiger partial charge in [0.25, 0.3) is 0 Å². The highest BCUT2D eigenvalue weighted by molar-refractivity contribution is 6.18. The molecule has 2 atom stereocenters. The summed E-state index contributed by atoms with van der Waals surface area (Å²) in [4.78, 5) is 0. The predicted molar refractivity (Wildman–Crippen MR) is 66.5 cm³/mol. The molecule has 0 aromatic rings. The zero-order valence-corrected chi connectivity index (χ0v) is 10.5. The molecule has 0 amide bonds. The van der Waals surface area contributed by atoms with E-state index >= 15 is 0 Å². The van der Waals surface area contributed by atoms with E-state index < -0.39 is 0 Å². The molecule has 1 fully saturated rings. The molecule has 88 valence electrons. The van der Waals surface area contributed by atoms with Crippen LogP contribution in [0.1, 0.15) is 45.4 Å². The van der Waals surface area contributed by atoms with Crippen LogP contribution in [0.2, 0.25) is 0 Å². The van der Waals surface area contributed by atoms with Gasteiger partial charge in [0.15, 0.2) is 0 Å². The molecule has 1 unspecified atom stereocenters. The van der Waals surface area contributed by atoms with Gasteiger partial charge in [-0.25, -0.2) is 0 Å². The number of allylic oxidation sites excluding steroid dienone is 2. The molecule has 0 aromatic carbocycles. The number of hydrogen-bond acceptors (Lipinski definition) is 1. The summed E-state index contributed by atoms with van der Waals surface area (Å²) >= 11 is 5.53. The van der Waals surface area contributed by atoms with Gasteiger partial charge in [-0.1, -0.05) is 31.9 Å². The molecule has 0 bridgehead atoms. The van der Waals surface area contributed by atoms with E-state index in [0.29, 0.717) is 12.0 Å². The van der Waals surface area contributed by atoms with Crippen molar-refractivity contribution in [3.8, 4) is 0 Å². The van der Waals surface area contributed by atoms with E-state index in [1.54, 1.807) is 0 Å². The van der Waals surface area contributed by atoms with Crippen LogP contribution in [0.25, 0.3) is 0 Å². The quantitative estimate of drug-likeness (QED) is 0.378. The van der Waals surface area contributed by atoms with Crippen molar-refractivity contribution in [3.05, 3.63) is 12.2 Å². The van der Waals surface area contributed by atoms with Gasteiger partial charge in [-0.05, 0) is 31.6 Å². The van der Waals surface area contributed by atoms with Crippen LogP contribution in [0, 0.1) is 5.92 Å². The second-order valence-corrected chi connectivity index (χ2v) is 4.84. The van der Waals surface area contributed by atoms with Crippen LogP contribution in [-0.2, 0) is 4.74 Å². The summed E-state index contributed by atoms with van der Waals surface area (Å²) in [7, 11) is 0. The Labute approximate surface area is 98.8 Å². The van der Waals surface area contributed by atoms with Gasteiger partial charge in [0.1, 0.15) is 0 Å². The van der Waals surface area contributed by atoms with E-state index in [2.05, 4.69) is 13.0 Å². The number of ether oxygens (including phenoxy) is 1. The first-order valence-electron chi connectivity index (χ1n) is 6.15. The van der Waals surface area contributed by atoms with E-state index in [4.69, 9.17) is 16.3 Å². The second kappa shape index (κ2) is 8.18. The van der Waals surface area contributed by atoms with Crippen molar-refractivity contribution in [1.82, 2.24) is 0 Å². The van der Waals surface area contributed by atoms with Crippen molar-refractivity contribution in [2.24, 2.45) is 5.92 Å². The van der Waals surface area contributed by atoms with Crippen molar-refractivity contribution in [1.29, 1.82) is 0 Å². The molecular formula is C13H23ClO. The predicted octanol–water partition coefficient (Wildman–Crippen LogP) is 4.16. The molecule has 1 saturated carbocycles. The van der Waals surface area contributed by atoms with Crippen LogP contribution >= 0.6 is 11.6 Å². The molecule has 1 rings (SSSR count). The Bertz CT molecular complexity index is 179. The molecule has 0 N–H and O–H groups in total. The summed E-state index contributed by atoms with van der Waals surface area (Å²) in [5.74, 6) is 1.49. The Morgan fingerprint density at radius 2 is 2.20 bits per heavy atom. The number of rotatable bonds is 6. The zero-order valence-electron chi connectivity index (χ0n) is 9.75. The maximum Gasteiger partial charge on any atom is 0.0577 e. The van der Waals surface area contributed by atoms with Gasteiger partial charge in [0, 0.05) is 12.5 Å². The van der Waals surface area contributed by atoms with Crippen LogP contribution in [0.3, 0.4) is 0 Å². The molecule has 1 aliphatic rings. The van der Waals surface area contributed by atoms with Gasteiger partial charge in [-0.15, -0.1) is 11.6 Å². The van der Waals surface area contributed by atoms with Gasteiger partial charge < -0.3 is 4.74 Å². The monoisotopic (exact) mass is 230 g/mol. The van der Waals surface area contributed by atoms with Gasteiger partial charge in [-0.3, -0.25) is 0 Å². The number of alkyl halides is 1. The van der Waals surface area contributed by atoms with Crippen molar-refractivity contribution >= 4 is 11.6 Å². The fourth-order valence-electron chi connectivity index (χ4n) is 2.16. The number of halogens is 1. The summed E-state index contributed by atoms with van der Waals surface area (Å²) in [5.41, 5.74) is 0. The van der Waals surface area contributed by atoms with E-state index in [-0.39, 0.29) is 0 Å². The minimum atomic E-state index is 0.533. The molecule has 0 heterocycles. The van der Waals surface area contributed by atoms with Gasteiger partial charge in [0.05, 0.1) is 6.10 Å². The SMILES string of the molecule is C[C@H]1CCCC(OCCC/C=C\CCl)C1. The molecule has 15 heavy (non-hydrogen) atoms. The molecule has 0 aliphatic heterocycles. The molecule has 1 nitrogen and oxygen atoms in total. The summed E-state index contributed by atoms with van der Waals surface area (Å²) in [6.07, 6.45) is 12.2. The van der Waals surface area contributed by atoms with Crippen LogP contribution in [0.4, 0.5) is 0 Å². The van der Waals surface area contributed by atoms with E-state index in [0.717, 1.165) is 25.4 Å². The first kappa shape index (κ1) is 13.1. The van der Waals surface area contributed by atoms with E-state index in [1.807, 2.05) is 6.08 Å². The van der Waals surface area contributed by atoms with E-state index in [1.165, 1.54) is 25.7 Å². The Morgan fingerprint density at radius 1 is 1.33 bits per heavy atom. The highest BCUT2D eigenvalue weighted by Crippen LogP contribution is 2.25. The Kier molecular flexibility index (Phi) is 7.12. The smallest absolute Gasteiger partial charge is 0.0577 e. The molecule has 2 heteroatoms. The lowest BCUT2D eigenvalue weighted by molar-refractivity contribution is 0.0148. The summed E-state index contributed by atoms with van der Waals surface area (Å²) < 4.78 is 5.87. The highest BCUT2D eigenvalue weighted by Gasteiger charge is 2.18. The van der Waals surface area contributed by atoms with Crippen molar-refractivity contribution < 1.29 is 4.74 Å². The maximum absolute atomic E-state index is 5.87. The fraction of sp³-hybridized carbons (Fsp3) is 0.846. The molecule has 0 saturated heterocycles. The largest absolute Gasteiger partial charge is 0.378 e. The Balaban J connectivity index is 1.97. The number of hydrogen-bond donors (Lipinski definition) is 0. The first-order valence-corrected chi connectivity index (χ1v) is 6.69. The zero-order chi connectivity index (χ0) is 10.9. The van der Waals surface area contributed by atoms with Crippen molar-refractivity contribution in [2.75, 3.05) is 12.5 Å². The Morgan fingerprint density at radius 3 is 2.93 bits per heavy atom. The van der Waals surface area contributed by atoms with Crippen LogP contribution < -0.4 is 0 Å². The average molecular weight is 231 g/mol.